The van der Waals surface area contributed by atoms with E-state index in [-0.39, 0.29) is 5.41 Å². The molecule has 1 aromatic carbocycles. The van der Waals surface area contributed by atoms with Gasteiger partial charge in [-0.05, 0) is 49.8 Å². The van der Waals surface area contributed by atoms with Gasteiger partial charge in [-0.2, -0.15) is 0 Å². The molecule has 1 fully saturated rings. The van der Waals surface area contributed by atoms with Gasteiger partial charge in [0.1, 0.15) is 5.82 Å². The Morgan fingerprint density at radius 3 is 2.83 bits per heavy atom. The SMILES string of the molecule is CNc1ccc2c(c1)nc(C(C)(C)C)n2CCC1CCCOCC1. The molecule has 1 aliphatic rings. The van der Waals surface area contributed by atoms with Crippen molar-refractivity contribution in [3.63, 3.8) is 0 Å². The van der Waals surface area contributed by atoms with Crippen molar-refractivity contribution in [2.24, 2.45) is 5.92 Å². The van der Waals surface area contributed by atoms with Crippen molar-refractivity contribution in [1.82, 2.24) is 9.55 Å². The first-order chi connectivity index (χ1) is 11.5. The molecule has 132 valence electrons. The van der Waals surface area contributed by atoms with Crippen LogP contribution in [0.15, 0.2) is 18.2 Å². The molecular weight excluding hydrogens is 298 g/mol. The first-order valence-corrected chi connectivity index (χ1v) is 9.25. The van der Waals surface area contributed by atoms with Gasteiger partial charge in [-0.25, -0.2) is 4.98 Å². The zero-order valence-corrected chi connectivity index (χ0v) is 15.6. The predicted molar refractivity (Wildman–Crippen MR) is 101 cm³/mol. The first-order valence-electron chi connectivity index (χ1n) is 9.25. The molecule has 2 heterocycles. The number of fused-ring (bicyclic) bond motifs is 1. The van der Waals surface area contributed by atoms with Gasteiger partial charge >= 0.3 is 0 Å². The van der Waals surface area contributed by atoms with E-state index < -0.39 is 0 Å². The van der Waals surface area contributed by atoms with Gasteiger partial charge in [0.25, 0.3) is 0 Å². The molecule has 1 aliphatic heterocycles. The van der Waals surface area contributed by atoms with Crippen LogP contribution in [0.1, 0.15) is 52.3 Å². The number of aryl methyl sites for hydroxylation is 1. The zero-order chi connectivity index (χ0) is 17.2. The molecule has 1 unspecified atom stereocenters. The summed E-state index contributed by atoms with van der Waals surface area (Å²) in [6.07, 6.45) is 4.90. The topological polar surface area (TPSA) is 39.1 Å². The number of hydrogen-bond acceptors (Lipinski definition) is 3. The Morgan fingerprint density at radius 2 is 2.08 bits per heavy atom. The van der Waals surface area contributed by atoms with Crippen molar-refractivity contribution >= 4 is 16.7 Å². The largest absolute Gasteiger partial charge is 0.388 e. The van der Waals surface area contributed by atoms with Gasteiger partial charge in [-0.3, -0.25) is 0 Å². The van der Waals surface area contributed by atoms with Crippen molar-refractivity contribution in [2.45, 2.75) is 58.4 Å². The second kappa shape index (κ2) is 7.14. The summed E-state index contributed by atoms with van der Waals surface area (Å²) in [5, 5.41) is 3.21. The second-order valence-corrected chi connectivity index (χ2v) is 7.99. The van der Waals surface area contributed by atoms with E-state index in [4.69, 9.17) is 9.72 Å². The van der Waals surface area contributed by atoms with E-state index in [0.717, 1.165) is 36.9 Å². The second-order valence-electron chi connectivity index (χ2n) is 7.99. The normalized spacial score (nSPS) is 19.4. The van der Waals surface area contributed by atoms with Crippen molar-refractivity contribution in [2.75, 3.05) is 25.6 Å². The molecule has 4 nitrogen and oxygen atoms in total. The van der Waals surface area contributed by atoms with E-state index in [0.29, 0.717) is 0 Å². The molecule has 0 saturated carbocycles. The maximum absolute atomic E-state index is 5.61. The van der Waals surface area contributed by atoms with Gasteiger partial charge < -0.3 is 14.6 Å². The minimum absolute atomic E-state index is 0.0470. The number of ether oxygens (including phenoxy) is 1. The van der Waals surface area contributed by atoms with Crippen LogP contribution in [-0.4, -0.2) is 29.8 Å². The lowest BCUT2D eigenvalue weighted by Crippen LogP contribution is -2.20. The van der Waals surface area contributed by atoms with Crippen LogP contribution in [0.5, 0.6) is 0 Å². The maximum Gasteiger partial charge on any atom is 0.115 e. The third kappa shape index (κ3) is 3.75. The van der Waals surface area contributed by atoms with E-state index in [2.05, 4.69) is 48.9 Å². The van der Waals surface area contributed by atoms with Gasteiger partial charge in [0.15, 0.2) is 0 Å². The number of anilines is 1. The lowest BCUT2D eigenvalue weighted by atomic mass is 9.94. The average molecular weight is 329 g/mol. The molecule has 1 N–H and O–H groups in total. The van der Waals surface area contributed by atoms with Crippen LogP contribution in [0.25, 0.3) is 11.0 Å². The molecular formula is C20H31N3O. The molecule has 1 aromatic heterocycles. The quantitative estimate of drug-likeness (QED) is 0.892. The predicted octanol–water partition coefficient (Wildman–Crippen LogP) is 4.58. The number of rotatable bonds is 4. The number of imidazole rings is 1. The van der Waals surface area contributed by atoms with Crippen molar-refractivity contribution in [1.29, 1.82) is 0 Å². The van der Waals surface area contributed by atoms with Crippen molar-refractivity contribution < 1.29 is 4.74 Å². The summed E-state index contributed by atoms with van der Waals surface area (Å²) < 4.78 is 8.05. The fourth-order valence-corrected chi connectivity index (χ4v) is 3.66. The van der Waals surface area contributed by atoms with Crippen molar-refractivity contribution in [3.8, 4) is 0 Å². The molecule has 0 amide bonds. The van der Waals surface area contributed by atoms with Crippen LogP contribution in [0, 0.1) is 5.92 Å². The summed E-state index contributed by atoms with van der Waals surface area (Å²) in [5.74, 6) is 1.96. The lowest BCUT2D eigenvalue weighted by molar-refractivity contribution is 0.141. The maximum atomic E-state index is 5.61. The van der Waals surface area contributed by atoms with Gasteiger partial charge in [0.05, 0.1) is 11.0 Å². The fourth-order valence-electron chi connectivity index (χ4n) is 3.66. The Labute approximate surface area is 145 Å². The highest BCUT2D eigenvalue weighted by Gasteiger charge is 2.23. The van der Waals surface area contributed by atoms with Gasteiger partial charge in [0, 0.05) is 37.9 Å². The highest BCUT2D eigenvalue weighted by Crippen LogP contribution is 2.29. The van der Waals surface area contributed by atoms with E-state index in [9.17, 15) is 0 Å². The highest BCUT2D eigenvalue weighted by molar-refractivity contribution is 5.80. The zero-order valence-electron chi connectivity index (χ0n) is 15.6. The smallest absolute Gasteiger partial charge is 0.115 e. The first kappa shape index (κ1) is 17.3. The molecule has 0 aliphatic carbocycles. The molecule has 3 rings (SSSR count). The van der Waals surface area contributed by atoms with Crippen LogP contribution in [-0.2, 0) is 16.7 Å². The van der Waals surface area contributed by atoms with Crippen LogP contribution in [0.2, 0.25) is 0 Å². The third-order valence-corrected chi connectivity index (χ3v) is 5.04. The van der Waals surface area contributed by atoms with Crippen molar-refractivity contribution in [3.05, 3.63) is 24.0 Å². The number of benzene rings is 1. The Kier molecular flexibility index (Phi) is 5.14. The summed E-state index contributed by atoms with van der Waals surface area (Å²) in [5.41, 5.74) is 3.51. The van der Waals surface area contributed by atoms with Crippen LogP contribution in [0.3, 0.4) is 0 Å². The lowest BCUT2D eigenvalue weighted by Gasteiger charge is -2.22. The minimum atomic E-state index is 0.0470. The summed E-state index contributed by atoms with van der Waals surface area (Å²) in [6.45, 7) is 9.67. The summed E-state index contributed by atoms with van der Waals surface area (Å²) in [7, 11) is 1.96. The van der Waals surface area contributed by atoms with E-state index >= 15 is 0 Å². The van der Waals surface area contributed by atoms with E-state index in [1.54, 1.807) is 0 Å². The number of aromatic nitrogens is 2. The monoisotopic (exact) mass is 329 g/mol. The molecule has 1 atom stereocenters. The summed E-state index contributed by atoms with van der Waals surface area (Å²) in [6, 6.07) is 6.51. The van der Waals surface area contributed by atoms with Gasteiger partial charge in [-0.15, -0.1) is 0 Å². The standard InChI is InChI=1S/C20H31N3O/c1-20(2,3)19-22-17-14-16(21-4)7-8-18(17)23(19)11-9-15-6-5-12-24-13-10-15/h7-8,14-15,21H,5-6,9-13H2,1-4H3. The van der Waals surface area contributed by atoms with E-state index in [1.165, 1.54) is 37.0 Å². The molecule has 24 heavy (non-hydrogen) atoms. The Balaban J connectivity index is 1.89. The molecule has 0 spiro atoms. The Morgan fingerprint density at radius 1 is 1.25 bits per heavy atom. The number of nitrogens with one attached hydrogen (secondary N) is 1. The molecule has 4 heteroatoms. The summed E-state index contributed by atoms with van der Waals surface area (Å²) in [4.78, 5) is 4.97. The Bertz CT molecular complexity index is 676. The summed E-state index contributed by atoms with van der Waals surface area (Å²) >= 11 is 0. The molecule has 0 radical (unpaired) electrons. The third-order valence-electron chi connectivity index (χ3n) is 5.04. The fraction of sp³-hybridized carbons (Fsp3) is 0.650. The van der Waals surface area contributed by atoms with Crippen LogP contribution in [0.4, 0.5) is 5.69 Å². The molecule has 0 bridgehead atoms. The minimum Gasteiger partial charge on any atom is -0.388 e. The van der Waals surface area contributed by atoms with E-state index in [1.807, 2.05) is 7.05 Å². The Hall–Kier alpha value is -1.55. The average Bonchev–Trinajstić information content (AvgIpc) is 2.73. The number of hydrogen-bond donors (Lipinski definition) is 1. The van der Waals surface area contributed by atoms with Crippen LogP contribution >= 0.6 is 0 Å². The highest BCUT2D eigenvalue weighted by atomic mass is 16.5. The molecule has 2 aromatic rings. The molecule has 1 saturated heterocycles. The van der Waals surface area contributed by atoms with Gasteiger partial charge in [0.2, 0.25) is 0 Å². The van der Waals surface area contributed by atoms with Gasteiger partial charge in [-0.1, -0.05) is 20.8 Å². The number of nitrogens with zero attached hydrogens (tertiary/aromatic N) is 2. The van der Waals surface area contributed by atoms with Crippen LogP contribution < -0.4 is 5.32 Å².